The minimum atomic E-state index is -0.905. The van der Waals surface area contributed by atoms with Gasteiger partial charge in [0.15, 0.2) is 0 Å². The fourth-order valence-electron chi connectivity index (χ4n) is 4.96. The Morgan fingerprint density at radius 2 is 1.51 bits per heavy atom. The minimum Gasteiger partial charge on any atom is -0.481 e. The fraction of sp³-hybridized carbons (Fsp3) is 0.444. The highest BCUT2D eigenvalue weighted by Gasteiger charge is 2.30. The van der Waals surface area contributed by atoms with Crippen molar-refractivity contribution in [2.75, 3.05) is 26.4 Å². The SMILES string of the molecule is O=C(O)CCOCCNC(=O)C1CCC(NC(=O)OCC2c3ccccc3-c3ccccc32)CC1. The molecular formula is C27H32N2O6. The van der Waals surface area contributed by atoms with Crippen molar-refractivity contribution in [2.45, 2.75) is 44.1 Å². The van der Waals surface area contributed by atoms with E-state index in [4.69, 9.17) is 14.6 Å². The maximum atomic E-state index is 12.5. The molecule has 8 heteroatoms. The average Bonchev–Trinajstić information content (AvgIpc) is 3.19. The van der Waals surface area contributed by atoms with Gasteiger partial charge >= 0.3 is 12.1 Å². The van der Waals surface area contributed by atoms with Crippen molar-refractivity contribution in [2.24, 2.45) is 5.92 Å². The first-order valence-electron chi connectivity index (χ1n) is 12.2. The fourth-order valence-corrected chi connectivity index (χ4v) is 4.96. The van der Waals surface area contributed by atoms with Gasteiger partial charge in [-0.15, -0.1) is 0 Å². The molecule has 2 aliphatic carbocycles. The van der Waals surface area contributed by atoms with Crippen LogP contribution in [-0.2, 0) is 19.1 Å². The molecule has 0 bridgehead atoms. The van der Waals surface area contributed by atoms with Crippen LogP contribution in [0.2, 0.25) is 0 Å². The van der Waals surface area contributed by atoms with E-state index in [0.717, 1.165) is 12.8 Å². The summed E-state index contributed by atoms with van der Waals surface area (Å²) in [6.45, 7) is 1.07. The molecule has 0 saturated heterocycles. The number of aliphatic carboxylic acids is 1. The van der Waals surface area contributed by atoms with Gasteiger partial charge in [0.2, 0.25) is 5.91 Å². The molecule has 4 rings (SSSR count). The lowest BCUT2D eigenvalue weighted by atomic mass is 9.85. The van der Waals surface area contributed by atoms with Crippen molar-refractivity contribution in [1.82, 2.24) is 10.6 Å². The van der Waals surface area contributed by atoms with Crippen molar-refractivity contribution in [3.8, 4) is 11.1 Å². The number of benzene rings is 2. The quantitative estimate of drug-likeness (QED) is 0.447. The smallest absolute Gasteiger partial charge is 0.407 e. The normalized spacial score (nSPS) is 18.9. The first kappa shape index (κ1) is 24.7. The van der Waals surface area contributed by atoms with E-state index in [1.165, 1.54) is 22.3 Å². The van der Waals surface area contributed by atoms with Crippen LogP contribution in [0.3, 0.4) is 0 Å². The van der Waals surface area contributed by atoms with Gasteiger partial charge in [0.25, 0.3) is 0 Å². The molecule has 2 aromatic rings. The van der Waals surface area contributed by atoms with Crippen LogP contribution in [0.1, 0.15) is 49.1 Å². The third kappa shape index (κ3) is 6.39. The lowest BCUT2D eigenvalue weighted by Crippen LogP contribution is -2.41. The number of ether oxygens (including phenoxy) is 2. The van der Waals surface area contributed by atoms with Crippen LogP contribution in [-0.4, -0.2) is 55.5 Å². The predicted molar refractivity (Wildman–Crippen MR) is 130 cm³/mol. The molecule has 0 heterocycles. The van der Waals surface area contributed by atoms with E-state index in [2.05, 4.69) is 34.9 Å². The molecule has 0 radical (unpaired) electrons. The zero-order valence-electron chi connectivity index (χ0n) is 19.7. The van der Waals surface area contributed by atoms with Crippen LogP contribution in [0.15, 0.2) is 48.5 Å². The number of carboxylic acids is 1. The highest BCUT2D eigenvalue weighted by Crippen LogP contribution is 2.44. The number of carboxylic acid groups (broad SMARTS) is 1. The summed E-state index contributed by atoms with van der Waals surface area (Å²) in [6.07, 6.45) is 2.36. The molecule has 186 valence electrons. The maximum Gasteiger partial charge on any atom is 0.407 e. The average molecular weight is 481 g/mol. The van der Waals surface area contributed by atoms with Crippen LogP contribution in [0.25, 0.3) is 11.1 Å². The van der Waals surface area contributed by atoms with Gasteiger partial charge in [0, 0.05) is 24.4 Å². The molecule has 1 fully saturated rings. The molecule has 0 atom stereocenters. The van der Waals surface area contributed by atoms with Gasteiger partial charge in [0.1, 0.15) is 6.61 Å². The molecular weight excluding hydrogens is 448 g/mol. The summed E-state index contributed by atoms with van der Waals surface area (Å²) in [5, 5.41) is 14.4. The van der Waals surface area contributed by atoms with Gasteiger partial charge in [-0.1, -0.05) is 48.5 Å². The van der Waals surface area contributed by atoms with Gasteiger partial charge in [-0.3, -0.25) is 9.59 Å². The number of hydrogen-bond donors (Lipinski definition) is 3. The van der Waals surface area contributed by atoms with Crippen LogP contribution in [0.4, 0.5) is 4.79 Å². The Bertz CT molecular complexity index is 1000. The van der Waals surface area contributed by atoms with Gasteiger partial charge in [0.05, 0.1) is 19.6 Å². The van der Waals surface area contributed by atoms with E-state index in [-0.39, 0.29) is 50.0 Å². The largest absolute Gasteiger partial charge is 0.481 e. The van der Waals surface area contributed by atoms with Crippen LogP contribution < -0.4 is 10.6 Å². The number of carbonyl (C=O) groups excluding carboxylic acids is 2. The molecule has 2 aliphatic rings. The summed E-state index contributed by atoms with van der Waals surface area (Å²) in [4.78, 5) is 35.3. The second-order valence-electron chi connectivity index (χ2n) is 9.07. The molecule has 3 N–H and O–H groups in total. The van der Waals surface area contributed by atoms with Gasteiger partial charge < -0.3 is 25.2 Å². The molecule has 0 unspecified atom stereocenters. The topological polar surface area (TPSA) is 114 Å². The van der Waals surface area contributed by atoms with Crippen LogP contribution in [0, 0.1) is 5.92 Å². The monoisotopic (exact) mass is 480 g/mol. The highest BCUT2D eigenvalue weighted by molar-refractivity contribution is 5.79. The zero-order chi connectivity index (χ0) is 24.6. The number of nitrogens with one attached hydrogen (secondary N) is 2. The number of alkyl carbamates (subject to hydrolysis) is 1. The number of fused-ring (bicyclic) bond motifs is 3. The van der Waals surface area contributed by atoms with Gasteiger partial charge in [-0.25, -0.2) is 4.79 Å². The van der Waals surface area contributed by atoms with E-state index in [0.29, 0.717) is 19.4 Å². The Kier molecular flexibility index (Phi) is 8.36. The summed E-state index contributed by atoms with van der Waals surface area (Å²) in [6, 6.07) is 16.5. The van der Waals surface area contributed by atoms with E-state index in [9.17, 15) is 14.4 Å². The summed E-state index contributed by atoms with van der Waals surface area (Å²) in [5.74, 6) is -0.987. The summed E-state index contributed by atoms with van der Waals surface area (Å²) < 4.78 is 10.8. The Morgan fingerprint density at radius 1 is 0.886 bits per heavy atom. The molecule has 0 aliphatic heterocycles. The van der Waals surface area contributed by atoms with Gasteiger partial charge in [-0.2, -0.15) is 0 Å². The molecule has 8 nitrogen and oxygen atoms in total. The number of carbonyl (C=O) groups is 3. The molecule has 0 aromatic heterocycles. The second-order valence-corrected chi connectivity index (χ2v) is 9.07. The molecule has 1 saturated carbocycles. The highest BCUT2D eigenvalue weighted by atomic mass is 16.5. The number of amides is 2. The number of hydrogen-bond acceptors (Lipinski definition) is 5. The van der Waals surface area contributed by atoms with E-state index in [1.54, 1.807) is 0 Å². The summed E-state index contributed by atoms with van der Waals surface area (Å²) in [5.41, 5.74) is 4.75. The summed E-state index contributed by atoms with van der Waals surface area (Å²) in [7, 11) is 0. The predicted octanol–water partition coefficient (Wildman–Crippen LogP) is 3.69. The van der Waals surface area contributed by atoms with Crippen LogP contribution in [0.5, 0.6) is 0 Å². The lowest BCUT2D eigenvalue weighted by Gasteiger charge is -2.28. The van der Waals surface area contributed by atoms with Crippen molar-refractivity contribution in [3.05, 3.63) is 59.7 Å². The standard InChI is InChI=1S/C27H32N2O6/c30-25(31)13-15-34-16-14-28-26(32)18-9-11-19(12-10-18)29-27(33)35-17-24-22-7-3-1-5-20(22)21-6-2-4-8-23(21)24/h1-8,18-19,24H,9-17H2,(H,28,32)(H,29,33)(H,30,31). The van der Waals surface area contributed by atoms with Crippen LogP contribution >= 0.6 is 0 Å². The Labute approximate surface area is 205 Å². The van der Waals surface area contributed by atoms with Crippen molar-refractivity contribution < 1.29 is 29.0 Å². The molecule has 2 aromatic carbocycles. The third-order valence-corrected chi connectivity index (χ3v) is 6.77. The van der Waals surface area contributed by atoms with Crippen molar-refractivity contribution >= 4 is 18.0 Å². The first-order chi connectivity index (χ1) is 17.0. The van der Waals surface area contributed by atoms with E-state index in [1.807, 2.05) is 24.3 Å². The van der Waals surface area contributed by atoms with Gasteiger partial charge in [-0.05, 0) is 47.9 Å². The maximum absolute atomic E-state index is 12.5. The van der Waals surface area contributed by atoms with E-state index >= 15 is 0 Å². The van der Waals surface area contributed by atoms with Crippen molar-refractivity contribution in [1.29, 1.82) is 0 Å². The van der Waals surface area contributed by atoms with E-state index < -0.39 is 12.1 Å². The number of rotatable bonds is 10. The third-order valence-electron chi connectivity index (χ3n) is 6.77. The molecule has 35 heavy (non-hydrogen) atoms. The molecule has 0 spiro atoms. The molecule has 2 amide bonds. The van der Waals surface area contributed by atoms with Crippen molar-refractivity contribution in [3.63, 3.8) is 0 Å². The lowest BCUT2D eigenvalue weighted by molar-refractivity contribution is -0.138. The summed E-state index contributed by atoms with van der Waals surface area (Å²) >= 11 is 0. The zero-order valence-corrected chi connectivity index (χ0v) is 19.7. The Hall–Kier alpha value is -3.39. The first-order valence-corrected chi connectivity index (χ1v) is 12.2. The Balaban J connectivity index is 1.16. The second kappa shape index (κ2) is 11.8. The Morgan fingerprint density at radius 3 is 2.14 bits per heavy atom. The minimum absolute atomic E-state index is 0.00551.